The number of rotatable bonds is 4. The number of hydrogen-bond acceptors (Lipinski definition) is 5. The highest BCUT2D eigenvalue weighted by molar-refractivity contribution is 6.23. The molecule has 0 amide bonds. The van der Waals surface area contributed by atoms with E-state index in [2.05, 4.69) is 27.4 Å². The normalized spacial score (nSPS) is 24.0. The molecule has 126 valence electrons. The lowest BCUT2D eigenvalue weighted by Crippen LogP contribution is -2.32. The van der Waals surface area contributed by atoms with E-state index in [4.69, 9.17) is 17.3 Å². The number of likely N-dealkylation sites (N-methyl/N-ethyl adjacent to an activating group) is 1. The smallest absolute Gasteiger partial charge is 0.123 e. The molecule has 0 saturated heterocycles. The van der Waals surface area contributed by atoms with Crippen LogP contribution in [0.15, 0.2) is 41.8 Å². The molecule has 0 bridgehead atoms. The summed E-state index contributed by atoms with van der Waals surface area (Å²) in [5, 5.41) is 3.11. The first-order chi connectivity index (χ1) is 11.6. The minimum absolute atomic E-state index is 0.142. The quantitative estimate of drug-likeness (QED) is 0.651. The van der Waals surface area contributed by atoms with Gasteiger partial charge < -0.3 is 16.0 Å². The van der Waals surface area contributed by atoms with Crippen molar-refractivity contribution >= 4 is 35.2 Å². The molecular formula is C18H22ClN5. The first-order valence-corrected chi connectivity index (χ1v) is 8.42. The monoisotopic (exact) mass is 343 g/mol. The van der Waals surface area contributed by atoms with Crippen LogP contribution in [-0.4, -0.2) is 36.8 Å². The van der Waals surface area contributed by atoms with Gasteiger partial charge in [-0.15, -0.1) is 0 Å². The van der Waals surface area contributed by atoms with E-state index in [1.54, 1.807) is 0 Å². The Bertz CT molecular complexity index is 722. The van der Waals surface area contributed by atoms with E-state index >= 15 is 0 Å². The fourth-order valence-corrected chi connectivity index (χ4v) is 3.15. The van der Waals surface area contributed by atoms with E-state index in [1.807, 2.05) is 56.0 Å². The molecule has 3 atom stereocenters. The molecule has 0 fully saturated rings. The number of hydrogen-bond donors (Lipinski definition) is 2. The summed E-state index contributed by atoms with van der Waals surface area (Å²) in [4.78, 5) is 10.7. The van der Waals surface area contributed by atoms with E-state index in [-0.39, 0.29) is 17.5 Å². The van der Waals surface area contributed by atoms with Gasteiger partial charge in [-0.05, 0) is 30.2 Å². The lowest BCUT2D eigenvalue weighted by Gasteiger charge is -2.29. The maximum absolute atomic E-state index is 6.55. The van der Waals surface area contributed by atoms with Gasteiger partial charge in [-0.25, -0.2) is 0 Å². The van der Waals surface area contributed by atoms with Gasteiger partial charge >= 0.3 is 0 Å². The van der Waals surface area contributed by atoms with Gasteiger partial charge in [-0.1, -0.05) is 17.7 Å². The Morgan fingerprint density at radius 2 is 2.33 bits per heavy atom. The zero-order chi connectivity index (χ0) is 17.1. The maximum Gasteiger partial charge on any atom is 0.123 e. The van der Waals surface area contributed by atoms with Crippen molar-refractivity contribution in [2.45, 2.75) is 18.0 Å². The third kappa shape index (κ3) is 3.23. The molecule has 0 aliphatic carbocycles. The predicted octanol–water partition coefficient (Wildman–Crippen LogP) is 2.60. The van der Waals surface area contributed by atoms with Gasteiger partial charge in [0.25, 0.3) is 0 Å². The first kappa shape index (κ1) is 16.7. The number of aliphatic imine (C=N–C) groups is 1. The molecule has 6 heteroatoms. The molecule has 0 aromatic carbocycles. The highest BCUT2D eigenvalue weighted by atomic mass is 35.5. The molecule has 5 nitrogen and oxygen atoms in total. The van der Waals surface area contributed by atoms with Gasteiger partial charge in [-0.3, -0.25) is 9.98 Å². The van der Waals surface area contributed by atoms with Crippen molar-refractivity contribution < 1.29 is 0 Å². The van der Waals surface area contributed by atoms with Crippen LogP contribution in [0, 0.1) is 5.92 Å². The molecule has 0 saturated carbocycles. The number of anilines is 1. The number of pyridine rings is 1. The molecule has 3 heterocycles. The van der Waals surface area contributed by atoms with Gasteiger partial charge in [0.2, 0.25) is 0 Å². The summed E-state index contributed by atoms with van der Waals surface area (Å²) in [7, 11) is 3.84. The van der Waals surface area contributed by atoms with Crippen molar-refractivity contribution in [1.29, 1.82) is 0 Å². The van der Waals surface area contributed by atoms with Gasteiger partial charge in [0, 0.05) is 56.4 Å². The Morgan fingerprint density at radius 3 is 3.04 bits per heavy atom. The lowest BCUT2D eigenvalue weighted by atomic mass is 9.87. The third-order valence-electron chi connectivity index (χ3n) is 4.42. The molecule has 1 aromatic rings. The largest absolute Gasteiger partial charge is 0.394 e. The average Bonchev–Trinajstić information content (AvgIpc) is 2.63. The maximum atomic E-state index is 6.55. The van der Waals surface area contributed by atoms with E-state index in [9.17, 15) is 0 Å². The van der Waals surface area contributed by atoms with Crippen LogP contribution in [0.25, 0.3) is 11.6 Å². The van der Waals surface area contributed by atoms with Crippen molar-refractivity contribution in [3.05, 3.63) is 48.1 Å². The highest BCUT2D eigenvalue weighted by Gasteiger charge is 2.24. The second kappa shape index (κ2) is 7.20. The fourth-order valence-electron chi connectivity index (χ4n) is 2.97. The average molecular weight is 344 g/mol. The standard InChI is InChI=1S/C18H22ClN5/c1-21-11-14(18(20)12-5-7-22-8-6-12)13-9-16-15(23-10-13)3-4-17(19)24(16)2/h3-5,7-12,17-18,21H,6,20H2,1-2H3/b14-11-. The Labute approximate surface area is 147 Å². The van der Waals surface area contributed by atoms with E-state index < -0.39 is 0 Å². The molecule has 3 rings (SSSR count). The minimum atomic E-state index is -0.169. The number of aromatic nitrogens is 1. The van der Waals surface area contributed by atoms with Crippen molar-refractivity contribution in [2.24, 2.45) is 16.6 Å². The Balaban J connectivity index is 1.95. The lowest BCUT2D eigenvalue weighted by molar-refractivity contribution is 0.606. The zero-order valence-electron chi connectivity index (χ0n) is 13.9. The van der Waals surface area contributed by atoms with Crippen LogP contribution in [0.1, 0.15) is 17.7 Å². The molecule has 1 aromatic heterocycles. The molecule has 24 heavy (non-hydrogen) atoms. The van der Waals surface area contributed by atoms with Crippen LogP contribution in [0.3, 0.4) is 0 Å². The molecular weight excluding hydrogens is 322 g/mol. The summed E-state index contributed by atoms with van der Waals surface area (Å²) in [6, 6.07) is 1.96. The molecule has 2 aliphatic rings. The highest BCUT2D eigenvalue weighted by Crippen LogP contribution is 2.32. The van der Waals surface area contributed by atoms with Crippen LogP contribution >= 0.6 is 11.6 Å². The molecule has 3 unspecified atom stereocenters. The molecule has 3 N–H and O–H groups in total. The summed E-state index contributed by atoms with van der Waals surface area (Å²) in [6.45, 7) is 0. The summed E-state index contributed by atoms with van der Waals surface area (Å²) in [6.07, 6.45) is 14.3. The number of alkyl halides is 1. The second-order valence-electron chi connectivity index (χ2n) is 5.96. The van der Waals surface area contributed by atoms with Crippen molar-refractivity contribution in [2.75, 3.05) is 19.0 Å². The van der Waals surface area contributed by atoms with E-state index in [0.29, 0.717) is 0 Å². The van der Waals surface area contributed by atoms with Gasteiger partial charge in [0.1, 0.15) is 5.50 Å². The first-order valence-electron chi connectivity index (χ1n) is 7.98. The minimum Gasteiger partial charge on any atom is -0.394 e. The SMILES string of the molecule is CN/C=C(/c1cnc2c(c1)N(C)C(Cl)C=C2)C(N)C1C=CN=CC1. The third-order valence-corrected chi connectivity index (χ3v) is 4.85. The summed E-state index contributed by atoms with van der Waals surface area (Å²) in [5.41, 5.74) is 10.3. The number of nitrogens with zero attached hydrogens (tertiary/aromatic N) is 3. The fraction of sp³-hybridized carbons (Fsp3) is 0.333. The Morgan fingerprint density at radius 1 is 1.50 bits per heavy atom. The van der Waals surface area contributed by atoms with Gasteiger partial charge in [0.05, 0.1) is 11.4 Å². The molecule has 2 aliphatic heterocycles. The predicted molar refractivity (Wildman–Crippen MR) is 102 cm³/mol. The van der Waals surface area contributed by atoms with Crippen LogP contribution in [0.4, 0.5) is 5.69 Å². The van der Waals surface area contributed by atoms with Crippen LogP contribution in [0.5, 0.6) is 0 Å². The van der Waals surface area contributed by atoms with E-state index in [0.717, 1.165) is 28.9 Å². The second-order valence-corrected chi connectivity index (χ2v) is 6.41. The summed E-state index contributed by atoms with van der Waals surface area (Å²) < 4.78 is 0. The van der Waals surface area contributed by atoms with Gasteiger partial charge in [0.15, 0.2) is 0 Å². The van der Waals surface area contributed by atoms with Crippen molar-refractivity contribution in [3.63, 3.8) is 0 Å². The van der Waals surface area contributed by atoms with Crippen LogP contribution in [0.2, 0.25) is 0 Å². The number of nitrogens with one attached hydrogen (secondary N) is 1. The zero-order valence-corrected chi connectivity index (χ0v) is 14.6. The summed E-state index contributed by atoms with van der Waals surface area (Å²) in [5.74, 6) is 0.219. The van der Waals surface area contributed by atoms with Gasteiger partial charge in [-0.2, -0.15) is 0 Å². The van der Waals surface area contributed by atoms with Crippen molar-refractivity contribution in [1.82, 2.24) is 10.3 Å². The molecule has 0 spiro atoms. The number of fused-ring (bicyclic) bond motifs is 1. The number of halogens is 1. The number of nitrogens with two attached hydrogens (primary N) is 1. The topological polar surface area (TPSA) is 66.5 Å². The van der Waals surface area contributed by atoms with Crippen LogP contribution in [-0.2, 0) is 0 Å². The Hall–Kier alpha value is -2.11. The molecule has 0 radical (unpaired) electrons. The van der Waals surface area contributed by atoms with Crippen molar-refractivity contribution in [3.8, 4) is 0 Å². The van der Waals surface area contributed by atoms with Crippen LogP contribution < -0.4 is 16.0 Å². The summed E-state index contributed by atoms with van der Waals surface area (Å²) >= 11 is 6.31. The Kier molecular flexibility index (Phi) is 5.02. The van der Waals surface area contributed by atoms with E-state index in [1.165, 1.54) is 0 Å².